The summed E-state index contributed by atoms with van der Waals surface area (Å²) in [5.74, 6) is -2.13. The highest BCUT2D eigenvalue weighted by atomic mass is 31.2. The van der Waals surface area contributed by atoms with E-state index in [0.29, 0.717) is 11.3 Å². The van der Waals surface area contributed by atoms with Crippen LogP contribution in [0.25, 0.3) is 0 Å². The Morgan fingerprint density at radius 1 is 0.793 bits per heavy atom. The molecular weight excluding hydrogens is 412 g/mol. The van der Waals surface area contributed by atoms with Crippen molar-refractivity contribution in [2.45, 2.75) is 65.9 Å². The Kier molecular flexibility index (Phi) is 8.02. The molecule has 9 heteroatoms. The summed E-state index contributed by atoms with van der Waals surface area (Å²) < 4.78 is 32.6. The standard InChI is InChI=1S/C20H37NO6P2/c1-13(2)19(14(3)4,17-9-11-18(21)12-10-17)27-29(25,26)20(15(5)6,16(7)8)28(22,23)24/h9-16H,21H2,1-8H3,(H,25,26)(H2,22,23,24). The molecule has 1 rings (SSSR count). The predicted octanol–water partition coefficient (Wildman–Crippen LogP) is 5.16. The largest absolute Gasteiger partial charge is 0.399 e. The molecule has 0 amide bonds. The van der Waals surface area contributed by atoms with E-state index in [2.05, 4.69) is 0 Å². The van der Waals surface area contributed by atoms with Crippen molar-refractivity contribution in [1.82, 2.24) is 0 Å². The van der Waals surface area contributed by atoms with Crippen molar-refractivity contribution >= 4 is 20.9 Å². The maximum absolute atomic E-state index is 13.8. The topological polar surface area (TPSA) is 130 Å². The lowest BCUT2D eigenvalue weighted by molar-refractivity contribution is -0.0402. The molecule has 0 aliphatic carbocycles. The number of nitrogens with two attached hydrogens (primary N) is 1. The van der Waals surface area contributed by atoms with Crippen LogP contribution in [0.3, 0.4) is 0 Å². The number of hydrogen-bond acceptors (Lipinski definition) is 4. The second kappa shape index (κ2) is 8.82. The van der Waals surface area contributed by atoms with E-state index >= 15 is 0 Å². The zero-order valence-electron chi connectivity index (χ0n) is 18.7. The fraction of sp³-hybridized carbons (Fsp3) is 0.700. The van der Waals surface area contributed by atoms with Crippen LogP contribution in [0, 0.1) is 23.7 Å². The minimum Gasteiger partial charge on any atom is -0.399 e. The van der Waals surface area contributed by atoms with Crippen molar-refractivity contribution in [1.29, 1.82) is 0 Å². The first-order valence-electron chi connectivity index (χ1n) is 9.93. The van der Waals surface area contributed by atoms with Crippen molar-refractivity contribution in [3.63, 3.8) is 0 Å². The second-order valence-electron chi connectivity index (χ2n) is 8.97. The molecule has 0 fully saturated rings. The van der Waals surface area contributed by atoms with Gasteiger partial charge >= 0.3 is 15.2 Å². The van der Waals surface area contributed by atoms with Gasteiger partial charge in [-0.2, -0.15) is 0 Å². The number of benzene rings is 1. The van der Waals surface area contributed by atoms with Crippen LogP contribution in [0.4, 0.5) is 5.69 Å². The molecule has 0 aromatic heterocycles. The van der Waals surface area contributed by atoms with Crippen LogP contribution in [0.15, 0.2) is 24.3 Å². The summed E-state index contributed by atoms with van der Waals surface area (Å²) in [6, 6.07) is 6.84. The van der Waals surface area contributed by atoms with Gasteiger partial charge < -0.3 is 20.4 Å². The van der Waals surface area contributed by atoms with Crippen LogP contribution >= 0.6 is 15.2 Å². The monoisotopic (exact) mass is 449 g/mol. The van der Waals surface area contributed by atoms with E-state index in [4.69, 9.17) is 10.3 Å². The van der Waals surface area contributed by atoms with Crippen LogP contribution in [0.5, 0.6) is 0 Å². The van der Waals surface area contributed by atoms with Gasteiger partial charge in [0.05, 0.1) is 0 Å². The first-order chi connectivity index (χ1) is 13.0. The SMILES string of the molecule is CC(C)C(OP(=O)(O)C(C(C)C)(C(C)C)P(=O)(O)O)(c1ccc(N)cc1)C(C)C. The van der Waals surface area contributed by atoms with Crippen LogP contribution < -0.4 is 5.73 Å². The van der Waals surface area contributed by atoms with E-state index in [1.165, 1.54) is 0 Å². The number of hydrogen-bond donors (Lipinski definition) is 4. The molecule has 0 radical (unpaired) electrons. The number of rotatable bonds is 9. The van der Waals surface area contributed by atoms with Crippen molar-refractivity contribution < 1.29 is 28.3 Å². The molecule has 1 aromatic rings. The summed E-state index contributed by atoms with van der Waals surface area (Å²) in [7, 11) is -9.91. The minimum atomic E-state index is -5.04. The summed E-state index contributed by atoms with van der Waals surface area (Å²) in [6.45, 7) is 13.6. The molecule has 1 aromatic carbocycles. The molecule has 0 saturated heterocycles. The van der Waals surface area contributed by atoms with Gasteiger partial charge in [0.15, 0.2) is 4.90 Å². The van der Waals surface area contributed by atoms with E-state index in [1.54, 1.807) is 52.0 Å². The average Bonchev–Trinajstić information content (AvgIpc) is 2.50. The van der Waals surface area contributed by atoms with Crippen molar-refractivity contribution in [3.05, 3.63) is 29.8 Å². The average molecular weight is 449 g/mol. The van der Waals surface area contributed by atoms with Gasteiger partial charge in [-0.1, -0.05) is 67.5 Å². The first-order valence-corrected chi connectivity index (χ1v) is 13.1. The molecule has 0 spiro atoms. The van der Waals surface area contributed by atoms with Crippen molar-refractivity contribution in [3.8, 4) is 0 Å². The van der Waals surface area contributed by atoms with E-state index in [-0.39, 0.29) is 11.8 Å². The fourth-order valence-corrected chi connectivity index (χ4v) is 9.95. The van der Waals surface area contributed by atoms with E-state index in [1.807, 2.05) is 27.7 Å². The zero-order chi connectivity index (χ0) is 23.0. The molecular formula is C20H37NO6P2. The third kappa shape index (κ3) is 4.37. The summed E-state index contributed by atoms with van der Waals surface area (Å²) >= 11 is 0. The minimum absolute atomic E-state index is 0.264. The van der Waals surface area contributed by atoms with Crippen molar-refractivity contribution in [2.75, 3.05) is 5.73 Å². The Bertz CT molecular complexity index is 767. The quantitative estimate of drug-likeness (QED) is 0.302. The van der Waals surface area contributed by atoms with Crippen LogP contribution in [-0.2, 0) is 19.3 Å². The van der Waals surface area contributed by atoms with Gasteiger partial charge in [-0.05, 0) is 41.4 Å². The summed E-state index contributed by atoms with van der Waals surface area (Å²) in [4.78, 5) is 29.6. The maximum Gasteiger partial charge on any atom is 0.347 e. The smallest absolute Gasteiger partial charge is 0.347 e. The molecule has 0 aliphatic rings. The molecule has 29 heavy (non-hydrogen) atoms. The van der Waals surface area contributed by atoms with Gasteiger partial charge in [0.25, 0.3) is 0 Å². The van der Waals surface area contributed by atoms with E-state index in [9.17, 15) is 23.8 Å². The lowest BCUT2D eigenvalue weighted by Gasteiger charge is -2.49. The first kappa shape index (κ1) is 26.4. The molecule has 168 valence electrons. The predicted molar refractivity (Wildman–Crippen MR) is 118 cm³/mol. The fourth-order valence-electron chi connectivity index (χ4n) is 4.77. The molecule has 0 saturated carbocycles. The maximum atomic E-state index is 13.8. The molecule has 0 bridgehead atoms. The Morgan fingerprint density at radius 3 is 1.45 bits per heavy atom. The van der Waals surface area contributed by atoms with Gasteiger partial charge in [-0.3, -0.25) is 13.7 Å². The van der Waals surface area contributed by atoms with Crippen molar-refractivity contribution in [2.24, 2.45) is 23.7 Å². The van der Waals surface area contributed by atoms with Gasteiger partial charge in [-0.25, -0.2) is 0 Å². The Hall–Kier alpha value is -0.680. The van der Waals surface area contributed by atoms with Crippen LogP contribution in [0.1, 0.15) is 61.0 Å². The molecule has 0 aliphatic heterocycles. The van der Waals surface area contributed by atoms with Gasteiger partial charge in [0, 0.05) is 5.69 Å². The molecule has 1 atom stereocenters. The highest BCUT2D eigenvalue weighted by Crippen LogP contribution is 2.78. The summed E-state index contributed by atoms with van der Waals surface area (Å²) in [6.07, 6.45) is 0. The Morgan fingerprint density at radius 2 is 1.17 bits per heavy atom. The highest BCUT2D eigenvalue weighted by Gasteiger charge is 2.67. The van der Waals surface area contributed by atoms with E-state index < -0.39 is 37.5 Å². The lowest BCUT2D eigenvalue weighted by atomic mass is 9.75. The summed E-state index contributed by atoms with van der Waals surface area (Å²) in [5, 5.41) is 0. The van der Waals surface area contributed by atoms with Crippen LogP contribution in [0.2, 0.25) is 0 Å². The number of nitrogen functional groups attached to an aromatic ring is 1. The molecule has 5 N–H and O–H groups in total. The molecule has 0 heterocycles. The third-order valence-corrected chi connectivity index (χ3v) is 12.0. The number of anilines is 1. The van der Waals surface area contributed by atoms with Gasteiger partial charge in [0.2, 0.25) is 0 Å². The van der Waals surface area contributed by atoms with Gasteiger partial charge in [0.1, 0.15) is 5.60 Å². The zero-order valence-corrected chi connectivity index (χ0v) is 20.4. The van der Waals surface area contributed by atoms with Gasteiger partial charge in [-0.15, -0.1) is 0 Å². The highest BCUT2D eigenvalue weighted by molar-refractivity contribution is 7.73. The lowest BCUT2D eigenvalue weighted by Crippen LogP contribution is -2.46. The van der Waals surface area contributed by atoms with E-state index in [0.717, 1.165) is 0 Å². The molecule has 7 nitrogen and oxygen atoms in total. The second-order valence-corrected chi connectivity index (χ2v) is 13.1. The Labute approximate surface area is 174 Å². The van der Waals surface area contributed by atoms with Crippen LogP contribution in [-0.4, -0.2) is 19.6 Å². The Balaban J connectivity index is 3.84. The third-order valence-electron chi connectivity index (χ3n) is 5.97. The summed E-state index contributed by atoms with van der Waals surface area (Å²) in [5.41, 5.74) is 5.73. The molecule has 1 unspecified atom stereocenters. The normalized spacial score (nSPS) is 16.1.